The van der Waals surface area contributed by atoms with Gasteiger partial charge in [-0.2, -0.15) is 0 Å². The van der Waals surface area contributed by atoms with Gasteiger partial charge >= 0.3 is 0 Å². The summed E-state index contributed by atoms with van der Waals surface area (Å²) in [5.74, 6) is -0.290. The van der Waals surface area contributed by atoms with E-state index in [0.29, 0.717) is 5.75 Å². The second-order valence-corrected chi connectivity index (χ2v) is 8.72. The van der Waals surface area contributed by atoms with Crippen molar-refractivity contribution in [3.05, 3.63) is 72.5 Å². The van der Waals surface area contributed by atoms with E-state index in [4.69, 9.17) is 4.74 Å². The molecule has 3 aromatic carbocycles. The van der Waals surface area contributed by atoms with Crippen LogP contribution in [0.25, 0.3) is 10.8 Å². The Bertz CT molecular complexity index is 1130. The summed E-state index contributed by atoms with van der Waals surface area (Å²) in [5.41, 5.74) is 0.217. The van der Waals surface area contributed by atoms with Gasteiger partial charge in [0.1, 0.15) is 24.2 Å². The molecule has 3 aromatic rings. The van der Waals surface area contributed by atoms with Crippen LogP contribution in [-0.4, -0.2) is 39.8 Å². The smallest absolute Gasteiger partial charge is 0.243 e. The second-order valence-electron chi connectivity index (χ2n) is 6.86. The molecule has 0 saturated carbocycles. The first-order valence-electron chi connectivity index (χ1n) is 9.40. The molecular weight excluding hydrogens is 407 g/mol. The maximum absolute atomic E-state index is 13.2. The van der Waals surface area contributed by atoms with Crippen LogP contribution in [0.1, 0.15) is 6.92 Å². The normalized spacial score (nSPS) is 12.4. The van der Waals surface area contributed by atoms with Gasteiger partial charge in [0.25, 0.3) is 0 Å². The molecule has 0 aromatic heterocycles. The van der Waals surface area contributed by atoms with E-state index in [1.165, 1.54) is 19.1 Å². The number of anilines is 1. The lowest BCUT2D eigenvalue weighted by molar-refractivity contribution is -0.121. The maximum atomic E-state index is 13.2. The van der Waals surface area contributed by atoms with E-state index < -0.39 is 27.8 Å². The van der Waals surface area contributed by atoms with E-state index in [1.54, 1.807) is 0 Å². The summed E-state index contributed by atoms with van der Waals surface area (Å²) in [7, 11) is -3.75. The predicted octanol–water partition coefficient (Wildman–Crippen LogP) is 3.33. The highest BCUT2D eigenvalue weighted by atomic mass is 32.2. The molecular formula is C22H23FN2O4S. The Hall–Kier alpha value is -3.13. The van der Waals surface area contributed by atoms with Crippen molar-refractivity contribution in [2.24, 2.45) is 0 Å². The number of hydrogen-bond acceptors (Lipinski definition) is 4. The Balaban J connectivity index is 1.58. The molecule has 0 fully saturated rings. The van der Waals surface area contributed by atoms with Gasteiger partial charge in [0.05, 0.1) is 18.5 Å². The maximum Gasteiger partial charge on any atom is 0.243 e. The van der Waals surface area contributed by atoms with Crippen molar-refractivity contribution in [1.82, 2.24) is 5.32 Å². The van der Waals surface area contributed by atoms with Gasteiger partial charge in [-0.3, -0.25) is 9.10 Å². The molecule has 30 heavy (non-hydrogen) atoms. The molecule has 158 valence electrons. The Morgan fingerprint density at radius 3 is 2.40 bits per heavy atom. The third kappa shape index (κ3) is 5.27. The largest absolute Gasteiger partial charge is 0.492 e. The molecule has 0 saturated heterocycles. The zero-order chi connectivity index (χ0) is 21.7. The van der Waals surface area contributed by atoms with Crippen LogP contribution in [0.15, 0.2) is 66.7 Å². The van der Waals surface area contributed by atoms with Crippen molar-refractivity contribution < 1.29 is 22.3 Å². The lowest BCUT2D eigenvalue weighted by Crippen LogP contribution is -2.48. The lowest BCUT2D eigenvalue weighted by Gasteiger charge is -2.28. The molecule has 0 bridgehead atoms. The highest BCUT2D eigenvalue weighted by Crippen LogP contribution is 2.22. The highest BCUT2D eigenvalue weighted by Gasteiger charge is 2.28. The summed E-state index contributed by atoms with van der Waals surface area (Å²) >= 11 is 0. The molecule has 0 aliphatic rings. The first kappa shape index (κ1) is 21.6. The van der Waals surface area contributed by atoms with Crippen molar-refractivity contribution in [3.63, 3.8) is 0 Å². The number of carbonyl (C=O) groups excluding carboxylic acids is 1. The van der Waals surface area contributed by atoms with Gasteiger partial charge in [0, 0.05) is 0 Å². The molecule has 3 rings (SSSR count). The summed E-state index contributed by atoms with van der Waals surface area (Å²) in [6, 6.07) is 17.6. The minimum atomic E-state index is -3.75. The van der Waals surface area contributed by atoms with E-state index in [0.717, 1.165) is 33.5 Å². The summed E-state index contributed by atoms with van der Waals surface area (Å²) in [4.78, 5) is 12.5. The standard InChI is InChI=1S/C22H23FN2O4S/c1-16(25(30(2,27)28)20-10-8-19(23)9-11-20)22(26)24-13-14-29-21-12-7-17-5-3-4-6-18(17)15-21/h3-12,15-16H,13-14H2,1-2H3,(H,24,26)/t16-/m1/s1. The van der Waals surface area contributed by atoms with Crippen LogP contribution in [0.3, 0.4) is 0 Å². The van der Waals surface area contributed by atoms with Gasteiger partial charge in [-0.1, -0.05) is 30.3 Å². The molecule has 0 unspecified atom stereocenters. The minimum absolute atomic E-state index is 0.205. The topological polar surface area (TPSA) is 75.7 Å². The third-order valence-electron chi connectivity index (χ3n) is 4.56. The molecule has 0 heterocycles. The van der Waals surface area contributed by atoms with Gasteiger partial charge < -0.3 is 10.1 Å². The molecule has 1 N–H and O–H groups in total. The van der Waals surface area contributed by atoms with Crippen LogP contribution in [0, 0.1) is 5.82 Å². The van der Waals surface area contributed by atoms with E-state index >= 15 is 0 Å². The van der Waals surface area contributed by atoms with Crippen LogP contribution in [0.2, 0.25) is 0 Å². The number of amides is 1. The number of nitrogens with one attached hydrogen (secondary N) is 1. The van der Waals surface area contributed by atoms with Crippen molar-refractivity contribution >= 4 is 32.4 Å². The first-order chi connectivity index (χ1) is 14.3. The van der Waals surface area contributed by atoms with Gasteiger partial charge in [-0.15, -0.1) is 0 Å². The van der Waals surface area contributed by atoms with Crippen LogP contribution in [0.4, 0.5) is 10.1 Å². The number of hydrogen-bond donors (Lipinski definition) is 1. The fraction of sp³-hybridized carbons (Fsp3) is 0.227. The second kappa shape index (κ2) is 9.13. The van der Waals surface area contributed by atoms with Crippen molar-refractivity contribution in [2.45, 2.75) is 13.0 Å². The summed E-state index contributed by atoms with van der Waals surface area (Å²) in [6.45, 7) is 1.91. The monoisotopic (exact) mass is 430 g/mol. The predicted molar refractivity (Wildman–Crippen MR) is 116 cm³/mol. The lowest BCUT2D eigenvalue weighted by atomic mass is 10.1. The Morgan fingerprint density at radius 1 is 1.07 bits per heavy atom. The number of nitrogens with zero attached hydrogens (tertiary/aromatic N) is 1. The molecule has 0 aliphatic carbocycles. The van der Waals surface area contributed by atoms with Gasteiger partial charge in [-0.05, 0) is 54.1 Å². The molecule has 1 atom stereocenters. The number of sulfonamides is 1. The van der Waals surface area contributed by atoms with E-state index in [2.05, 4.69) is 5.32 Å². The number of carbonyl (C=O) groups is 1. The summed E-state index contributed by atoms with van der Waals surface area (Å²) in [5, 5.41) is 4.84. The fourth-order valence-electron chi connectivity index (χ4n) is 3.14. The number of benzene rings is 3. The van der Waals surface area contributed by atoms with Gasteiger partial charge in [0.15, 0.2) is 0 Å². The third-order valence-corrected chi connectivity index (χ3v) is 5.80. The van der Waals surface area contributed by atoms with Crippen molar-refractivity contribution in [1.29, 1.82) is 0 Å². The van der Waals surface area contributed by atoms with E-state index in [1.807, 2.05) is 42.5 Å². The quantitative estimate of drug-likeness (QED) is 0.556. The van der Waals surface area contributed by atoms with Crippen LogP contribution >= 0.6 is 0 Å². The Labute approximate surface area is 175 Å². The number of rotatable bonds is 8. The van der Waals surface area contributed by atoms with Crippen molar-refractivity contribution in [3.8, 4) is 5.75 Å². The van der Waals surface area contributed by atoms with Gasteiger partial charge in [0.2, 0.25) is 15.9 Å². The minimum Gasteiger partial charge on any atom is -0.492 e. The van der Waals surface area contributed by atoms with Crippen LogP contribution in [0.5, 0.6) is 5.75 Å². The van der Waals surface area contributed by atoms with E-state index in [9.17, 15) is 17.6 Å². The number of halogens is 1. The average Bonchev–Trinajstić information content (AvgIpc) is 2.71. The summed E-state index contributed by atoms with van der Waals surface area (Å²) < 4.78 is 44.2. The molecule has 1 amide bonds. The Morgan fingerprint density at radius 2 is 1.73 bits per heavy atom. The number of fused-ring (bicyclic) bond motifs is 1. The molecule has 0 radical (unpaired) electrons. The molecule has 6 nitrogen and oxygen atoms in total. The highest BCUT2D eigenvalue weighted by molar-refractivity contribution is 7.92. The van der Waals surface area contributed by atoms with E-state index in [-0.39, 0.29) is 18.8 Å². The Kier molecular flexibility index (Phi) is 6.56. The molecule has 0 spiro atoms. The summed E-state index contributed by atoms with van der Waals surface area (Å²) in [6.07, 6.45) is 1.00. The van der Waals surface area contributed by atoms with Crippen molar-refractivity contribution in [2.75, 3.05) is 23.7 Å². The van der Waals surface area contributed by atoms with Crippen LogP contribution < -0.4 is 14.4 Å². The molecule has 0 aliphatic heterocycles. The fourth-order valence-corrected chi connectivity index (χ4v) is 4.32. The first-order valence-corrected chi connectivity index (χ1v) is 11.2. The molecule has 8 heteroatoms. The van der Waals surface area contributed by atoms with Crippen LogP contribution in [-0.2, 0) is 14.8 Å². The SMILES string of the molecule is C[C@H](C(=O)NCCOc1ccc2ccccc2c1)N(c1ccc(F)cc1)S(C)(=O)=O. The zero-order valence-electron chi connectivity index (χ0n) is 16.7. The van der Waals surface area contributed by atoms with Gasteiger partial charge in [-0.25, -0.2) is 12.8 Å². The average molecular weight is 431 g/mol. The zero-order valence-corrected chi connectivity index (χ0v) is 17.5. The number of ether oxygens (including phenoxy) is 1.